The van der Waals surface area contributed by atoms with E-state index in [-0.39, 0.29) is 0 Å². The molecule has 0 atom stereocenters. The Morgan fingerprint density at radius 3 is 1.96 bits per heavy atom. The first-order chi connectivity index (χ1) is 11.0. The van der Waals surface area contributed by atoms with Crippen LogP contribution in [-0.4, -0.2) is 27.2 Å². The van der Waals surface area contributed by atoms with E-state index in [9.17, 15) is 0 Å². The molecule has 0 N–H and O–H groups in total. The molecule has 2 aromatic rings. The summed E-state index contributed by atoms with van der Waals surface area (Å²) < 4.78 is 0. The predicted molar refractivity (Wildman–Crippen MR) is 104 cm³/mol. The molecule has 0 fully saturated rings. The van der Waals surface area contributed by atoms with E-state index in [2.05, 4.69) is 93.7 Å². The maximum absolute atomic E-state index is 4.32. The van der Waals surface area contributed by atoms with Gasteiger partial charge in [0.1, 0.15) is 0 Å². The van der Waals surface area contributed by atoms with Crippen LogP contribution in [-0.2, 0) is 0 Å². The first-order valence-corrected chi connectivity index (χ1v) is 8.30. The summed E-state index contributed by atoms with van der Waals surface area (Å²) in [5.41, 5.74) is 7.24. The molecule has 2 rings (SSSR count). The fourth-order valence-electron chi connectivity index (χ4n) is 2.89. The highest BCUT2D eigenvalue weighted by Gasteiger charge is 2.09. The van der Waals surface area contributed by atoms with Crippen LogP contribution in [0.5, 0.6) is 0 Å². The minimum absolute atomic E-state index is 1.03. The van der Waals surface area contributed by atoms with Gasteiger partial charge in [0.15, 0.2) is 0 Å². The summed E-state index contributed by atoms with van der Waals surface area (Å²) in [4.78, 5) is 4.47. The largest absolute Gasteiger partial charge is 0.378 e. The highest BCUT2D eigenvalue weighted by atomic mass is 15.1. The van der Waals surface area contributed by atoms with Crippen molar-refractivity contribution in [1.82, 2.24) is 0 Å². The molecule has 0 heterocycles. The Labute approximate surface area is 141 Å². The molecule has 122 valence electrons. The summed E-state index contributed by atoms with van der Waals surface area (Å²) in [7, 11) is 4.11. The Morgan fingerprint density at radius 1 is 0.913 bits per heavy atom. The van der Waals surface area contributed by atoms with Crippen LogP contribution in [0.15, 0.2) is 49.0 Å². The second kappa shape index (κ2) is 7.36. The Bertz CT molecular complexity index is 665. The number of rotatable bonds is 6. The molecule has 0 saturated heterocycles. The Kier molecular flexibility index (Phi) is 5.49. The van der Waals surface area contributed by atoms with Gasteiger partial charge in [-0.3, -0.25) is 0 Å². The summed E-state index contributed by atoms with van der Waals surface area (Å²) in [6, 6.07) is 15.2. The van der Waals surface area contributed by atoms with Gasteiger partial charge < -0.3 is 9.80 Å². The van der Waals surface area contributed by atoms with E-state index in [1.165, 1.54) is 28.1 Å². The predicted octanol–water partition coefficient (Wildman–Crippen LogP) is 4.97. The van der Waals surface area contributed by atoms with Crippen LogP contribution in [0.4, 0.5) is 11.4 Å². The van der Waals surface area contributed by atoms with E-state index in [4.69, 9.17) is 0 Å². The number of hydrogen-bond donors (Lipinski definition) is 0. The van der Waals surface area contributed by atoms with Gasteiger partial charge in [-0.15, -0.1) is 0 Å². The molecule has 2 aromatic carbocycles. The van der Waals surface area contributed by atoms with Gasteiger partial charge in [-0.2, -0.15) is 0 Å². The van der Waals surface area contributed by atoms with Crippen molar-refractivity contribution in [3.63, 3.8) is 0 Å². The van der Waals surface area contributed by atoms with Crippen molar-refractivity contribution in [3.05, 3.63) is 65.7 Å². The van der Waals surface area contributed by atoms with Gasteiger partial charge in [-0.05, 0) is 67.3 Å². The molecule has 0 aliphatic heterocycles. The van der Waals surface area contributed by atoms with Gasteiger partial charge in [0.2, 0.25) is 0 Å². The summed E-state index contributed by atoms with van der Waals surface area (Å²) in [5, 5.41) is 0. The molecule has 0 bridgehead atoms. The maximum Gasteiger partial charge on any atom is 0.0369 e. The van der Waals surface area contributed by atoms with E-state index in [0.29, 0.717) is 0 Å². The van der Waals surface area contributed by atoms with Gasteiger partial charge in [-0.25, -0.2) is 0 Å². The number of benzene rings is 2. The Hall–Kier alpha value is -2.22. The molecule has 2 nitrogen and oxygen atoms in total. The zero-order valence-corrected chi connectivity index (χ0v) is 15.1. The third-order valence-corrected chi connectivity index (χ3v) is 4.40. The lowest BCUT2D eigenvalue weighted by Gasteiger charge is -2.22. The lowest BCUT2D eigenvalue weighted by molar-refractivity contribution is 0.865. The van der Waals surface area contributed by atoms with Crippen LogP contribution in [0.1, 0.15) is 30.5 Å². The van der Waals surface area contributed by atoms with Crippen molar-refractivity contribution in [2.75, 3.05) is 37.0 Å². The van der Waals surface area contributed by atoms with E-state index in [0.717, 1.165) is 18.7 Å². The standard InChI is InChI=1S/C21H28N2/c1-7-23(8-2)20-13-14-21(16(3)15-20)17(4)18-9-11-19(12-10-18)22(5)6/h9-15H,4,7-8H2,1-3,5-6H3. The molecule has 0 spiro atoms. The van der Waals surface area contributed by atoms with E-state index >= 15 is 0 Å². The van der Waals surface area contributed by atoms with Crippen LogP contribution in [0.2, 0.25) is 0 Å². The number of anilines is 2. The fourth-order valence-corrected chi connectivity index (χ4v) is 2.89. The van der Waals surface area contributed by atoms with Gasteiger partial charge >= 0.3 is 0 Å². The van der Waals surface area contributed by atoms with Crippen molar-refractivity contribution in [2.45, 2.75) is 20.8 Å². The molecule has 0 radical (unpaired) electrons. The molecule has 23 heavy (non-hydrogen) atoms. The number of hydrogen-bond acceptors (Lipinski definition) is 2. The quantitative estimate of drug-likeness (QED) is 0.743. The van der Waals surface area contributed by atoms with Crippen molar-refractivity contribution < 1.29 is 0 Å². The average Bonchev–Trinajstić information content (AvgIpc) is 2.55. The number of nitrogens with zero attached hydrogens (tertiary/aromatic N) is 2. The second-order valence-corrected chi connectivity index (χ2v) is 6.09. The summed E-state index contributed by atoms with van der Waals surface area (Å²) >= 11 is 0. The highest BCUT2D eigenvalue weighted by molar-refractivity contribution is 5.81. The maximum atomic E-state index is 4.32. The second-order valence-electron chi connectivity index (χ2n) is 6.09. The van der Waals surface area contributed by atoms with Crippen molar-refractivity contribution >= 4 is 16.9 Å². The summed E-state index contributed by atoms with van der Waals surface area (Å²) in [5.74, 6) is 0. The Morgan fingerprint density at radius 2 is 1.48 bits per heavy atom. The first kappa shape index (κ1) is 17.1. The molecule has 0 aromatic heterocycles. The molecule has 0 unspecified atom stereocenters. The minimum Gasteiger partial charge on any atom is -0.378 e. The van der Waals surface area contributed by atoms with Crippen molar-refractivity contribution in [3.8, 4) is 0 Å². The summed E-state index contributed by atoms with van der Waals surface area (Å²) in [6.07, 6.45) is 0. The third-order valence-electron chi connectivity index (χ3n) is 4.40. The molecule has 0 amide bonds. The first-order valence-electron chi connectivity index (χ1n) is 8.30. The molecule has 0 aliphatic carbocycles. The van der Waals surface area contributed by atoms with Gasteiger partial charge in [0.25, 0.3) is 0 Å². The molecule has 2 heteroatoms. The van der Waals surface area contributed by atoms with Gasteiger partial charge in [-0.1, -0.05) is 24.8 Å². The zero-order chi connectivity index (χ0) is 17.0. The van der Waals surface area contributed by atoms with E-state index in [1.54, 1.807) is 0 Å². The zero-order valence-electron chi connectivity index (χ0n) is 15.1. The normalized spacial score (nSPS) is 10.5. The Balaban J connectivity index is 2.29. The van der Waals surface area contributed by atoms with Gasteiger partial charge in [0, 0.05) is 38.6 Å². The van der Waals surface area contributed by atoms with Crippen molar-refractivity contribution in [1.29, 1.82) is 0 Å². The lowest BCUT2D eigenvalue weighted by atomic mass is 9.95. The molecule has 0 saturated carbocycles. The van der Waals surface area contributed by atoms with E-state index < -0.39 is 0 Å². The average molecular weight is 308 g/mol. The van der Waals surface area contributed by atoms with Crippen LogP contribution >= 0.6 is 0 Å². The van der Waals surface area contributed by atoms with E-state index in [1.807, 2.05) is 0 Å². The van der Waals surface area contributed by atoms with Crippen LogP contribution in [0.3, 0.4) is 0 Å². The third kappa shape index (κ3) is 3.76. The minimum atomic E-state index is 1.03. The van der Waals surface area contributed by atoms with Crippen molar-refractivity contribution in [2.24, 2.45) is 0 Å². The molecule has 0 aliphatic rings. The smallest absolute Gasteiger partial charge is 0.0369 e. The molecular weight excluding hydrogens is 280 g/mol. The fraction of sp³-hybridized carbons (Fsp3) is 0.333. The van der Waals surface area contributed by atoms with Crippen LogP contribution < -0.4 is 9.80 Å². The van der Waals surface area contributed by atoms with Crippen LogP contribution in [0.25, 0.3) is 5.57 Å². The topological polar surface area (TPSA) is 6.48 Å². The number of aryl methyl sites for hydroxylation is 1. The van der Waals surface area contributed by atoms with Gasteiger partial charge in [0.05, 0.1) is 0 Å². The SMILES string of the molecule is C=C(c1ccc(N(C)C)cc1)c1ccc(N(CC)CC)cc1C. The molecular formula is C21H28N2. The highest BCUT2D eigenvalue weighted by Crippen LogP contribution is 2.28. The summed E-state index contributed by atoms with van der Waals surface area (Å²) in [6.45, 7) is 12.9. The van der Waals surface area contributed by atoms with Crippen LogP contribution in [0, 0.1) is 6.92 Å². The lowest BCUT2D eigenvalue weighted by Crippen LogP contribution is -2.21. The monoisotopic (exact) mass is 308 g/mol.